The third-order valence-electron chi connectivity index (χ3n) is 5.27. The van der Waals surface area contributed by atoms with Gasteiger partial charge in [0.2, 0.25) is 0 Å². The van der Waals surface area contributed by atoms with Crippen molar-refractivity contribution in [3.05, 3.63) is 59.4 Å². The fourth-order valence-electron chi connectivity index (χ4n) is 3.90. The van der Waals surface area contributed by atoms with Gasteiger partial charge < -0.3 is 15.2 Å². The number of halogens is 3. The number of likely N-dealkylation sites (tertiary alicyclic amines) is 1. The van der Waals surface area contributed by atoms with Gasteiger partial charge in [0.1, 0.15) is 5.82 Å². The van der Waals surface area contributed by atoms with Crippen molar-refractivity contribution in [3.8, 4) is 0 Å². The summed E-state index contributed by atoms with van der Waals surface area (Å²) in [5.74, 6) is -1.00. The number of H-pyrrole nitrogens is 1. The van der Waals surface area contributed by atoms with E-state index in [-0.39, 0.29) is 17.3 Å². The number of benzene rings is 2. The van der Waals surface area contributed by atoms with Crippen molar-refractivity contribution in [3.63, 3.8) is 0 Å². The van der Waals surface area contributed by atoms with E-state index in [0.717, 1.165) is 23.0 Å². The van der Waals surface area contributed by atoms with E-state index in [1.807, 2.05) is 25.1 Å². The van der Waals surface area contributed by atoms with Gasteiger partial charge in [0.25, 0.3) is 0 Å². The predicted molar refractivity (Wildman–Crippen MR) is 109 cm³/mol. The van der Waals surface area contributed by atoms with Gasteiger partial charge in [-0.15, -0.1) is 0 Å². The summed E-state index contributed by atoms with van der Waals surface area (Å²) in [7, 11) is 0. The number of carbonyl (C=O) groups excluding carboxylic acids is 2. The summed E-state index contributed by atoms with van der Waals surface area (Å²) >= 11 is 0. The van der Waals surface area contributed by atoms with Crippen molar-refractivity contribution in [2.24, 2.45) is 0 Å². The van der Waals surface area contributed by atoms with E-state index in [0.29, 0.717) is 18.8 Å². The lowest BCUT2D eigenvalue weighted by Gasteiger charge is -2.22. The molecule has 3 aromatic rings. The van der Waals surface area contributed by atoms with Gasteiger partial charge in [0, 0.05) is 12.2 Å². The smallest absolute Gasteiger partial charge is 0.340 e. The van der Waals surface area contributed by atoms with Crippen LogP contribution in [0.15, 0.2) is 42.5 Å². The van der Waals surface area contributed by atoms with Crippen LogP contribution in [0.2, 0.25) is 0 Å². The summed E-state index contributed by atoms with van der Waals surface area (Å²) in [6.07, 6.45) is -4.07. The number of hydrogen-bond acceptors (Lipinski definition) is 3. The highest BCUT2D eigenvalue weighted by Crippen LogP contribution is 2.32. The van der Waals surface area contributed by atoms with E-state index in [1.165, 1.54) is 29.2 Å². The predicted octanol–water partition coefficient (Wildman–Crippen LogP) is 4.28. The summed E-state index contributed by atoms with van der Waals surface area (Å²) in [6, 6.07) is 10.9. The van der Waals surface area contributed by atoms with E-state index in [2.05, 4.69) is 15.3 Å². The minimum absolute atomic E-state index is 0.00867. The molecule has 0 radical (unpaired) electrons. The first kappa shape index (κ1) is 20.9. The molecule has 1 atom stereocenters. The average Bonchev–Trinajstić information content (AvgIpc) is 3.32. The van der Waals surface area contributed by atoms with Crippen LogP contribution in [0, 0.1) is 6.92 Å². The van der Waals surface area contributed by atoms with Crippen LogP contribution in [0.4, 0.5) is 18.9 Å². The molecule has 1 aliphatic rings. The number of alkyl halides is 3. The van der Waals surface area contributed by atoms with Gasteiger partial charge in [0.15, 0.2) is 0 Å². The highest BCUT2D eigenvalue weighted by Gasteiger charge is 2.35. The molecule has 4 rings (SSSR count). The first-order chi connectivity index (χ1) is 14.7. The zero-order chi connectivity index (χ0) is 22.2. The van der Waals surface area contributed by atoms with E-state index in [9.17, 15) is 22.8 Å². The SMILES string of the molecule is Cc1ccc2nc([C@@H]3CCCN3C(=O)C(=O)Nc3cccc(CC(F)(F)F)c3)[nH]c2c1. The molecule has 2 N–H and O–H groups in total. The number of amides is 2. The van der Waals surface area contributed by atoms with Crippen molar-refractivity contribution in [2.45, 2.75) is 38.4 Å². The number of hydrogen-bond donors (Lipinski definition) is 2. The molecule has 1 aliphatic heterocycles. The Morgan fingerprint density at radius 3 is 2.81 bits per heavy atom. The summed E-state index contributed by atoms with van der Waals surface area (Å²) in [6.45, 7) is 2.38. The summed E-state index contributed by atoms with van der Waals surface area (Å²) in [4.78, 5) is 34.6. The van der Waals surface area contributed by atoms with Crippen molar-refractivity contribution in [1.82, 2.24) is 14.9 Å². The number of anilines is 1. The summed E-state index contributed by atoms with van der Waals surface area (Å²) in [5, 5.41) is 2.42. The second-order valence-electron chi connectivity index (χ2n) is 7.75. The Balaban J connectivity index is 1.49. The molecular weight excluding hydrogens is 409 g/mol. The normalized spacial score (nSPS) is 16.6. The molecule has 1 fully saturated rings. The lowest BCUT2D eigenvalue weighted by Crippen LogP contribution is -2.39. The van der Waals surface area contributed by atoms with Crippen molar-refractivity contribution in [2.75, 3.05) is 11.9 Å². The molecule has 0 aliphatic carbocycles. The number of aryl methyl sites for hydroxylation is 1. The van der Waals surface area contributed by atoms with Crippen LogP contribution in [0.1, 0.15) is 35.8 Å². The van der Waals surface area contributed by atoms with Crippen LogP contribution in [-0.2, 0) is 16.0 Å². The molecule has 31 heavy (non-hydrogen) atoms. The van der Waals surface area contributed by atoms with Gasteiger partial charge in [0.05, 0.1) is 23.5 Å². The number of nitrogens with one attached hydrogen (secondary N) is 2. The Bertz CT molecular complexity index is 1140. The Morgan fingerprint density at radius 2 is 2.03 bits per heavy atom. The summed E-state index contributed by atoms with van der Waals surface area (Å²) < 4.78 is 37.8. The molecule has 162 valence electrons. The third-order valence-corrected chi connectivity index (χ3v) is 5.27. The molecule has 2 amide bonds. The molecule has 0 bridgehead atoms. The molecule has 9 heteroatoms. The molecular formula is C22H21F3N4O2. The maximum absolute atomic E-state index is 12.8. The zero-order valence-electron chi connectivity index (χ0n) is 16.8. The van der Waals surface area contributed by atoms with E-state index < -0.39 is 24.4 Å². The number of imidazole rings is 1. The lowest BCUT2D eigenvalue weighted by molar-refractivity contribution is -0.143. The fraction of sp³-hybridized carbons (Fsp3) is 0.318. The van der Waals surface area contributed by atoms with Crippen LogP contribution >= 0.6 is 0 Å². The minimum Gasteiger partial charge on any atom is -0.340 e. The standard InChI is InChI=1S/C22H21F3N4O2/c1-13-7-8-16-17(10-13)28-19(27-16)18-6-3-9-29(18)21(31)20(30)26-15-5-2-4-14(11-15)12-22(23,24)25/h2,4-5,7-8,10-11,18H,3,6,9,12H2,1H3,(H,26,30)(H,27,28)/t18-/m0/s1. The van der Waals surface area contributed by atoms with Gasteiger partial charge >= 0.3 is 18.0 Å². The largest absolute Gasteiger partial charge is 0.393 e. The topological polar surface area (TPSA) is 78.1 Å². The molecule has 2 heterocycles. The second kappa shape index (κ2) is 8.05. The number of fused-ring (bicyclic) bond motifs is 1. The van der Waals surface area contributed by atoms with Crippen LogP contribution in [0.3, 0.4) is 0 Å². The van der Waals surface area contributed by atoms with Crippen LogP contribution in [0.5, 0.6) is 0 Å². The van der Waals surface area contributed by atoms with Crippen molar-refractivity contribution >= 4 is 28.5 Å². The fourth-order valence-corrected chi connectivity index (χ4v) is 3.90. The van der Waals surface area contributed by atoms with Gasteiger partial charge in [-0.1, -0.05) is 18.2 Å². The van der Waals surface area contributed by atoms with Crippen LogP contribution in [0.25, 0.3) is 11.0 Å². The first-order valence-electron chi connectivity index (χ1n) is 9.93. The van der Waals surface area contributed by atoms with Gasteiger partial charge in [-0.3, -0.25) is 9.59 Å². The molecule has 0 saturated carbocycles. The van der Waals surface area contributed by atoms with E-state index in [4.69, 9.17) is 0 Å². The van der Waals surface area contributed by atoms with Crippen molar-refractivity contribution < 1.29 is 22.8 Å². The van der Waals surface area contributed by atoms with Crippen molar-refractivity contribution in [1.29, 1.82) is 0 Å². The average molecular weight is 430 g/mol. The molecule has 0 unspecified atom stereocenters. The molecule has 6 nitrogen and oxygen atoms in total. The molecule has 1 aromatic heterocycles. The Hall–Kier alpha value is -3.36. The van der Waals surface area contributed by atoms with Crippen LogP contribution < -0.4 is 5.32 Å². The Labute approximate surface area is 176 Å². The Kier molecular flexibility index (Phi) is 5.43. The highest BCUT2D eigenvalue weighted by molar-refractivity contribution is 6.39. The third kappa shape index (κ3) is 4.70. The number of aromatic amines is 1. The van der Waals surface area contributed by atoms with Crippen LogP contribution in [-0.4, -0.2) is 39.4 Å². The molecule has 1 saturated heterocycles. The molecule has 0 spiro atoms. The van der Waals surface area contributed by atoms with Gasteiger partial charge in [-0.2, -0.15) is 13.2 Å². The van der Waals surface area contributed by atoms with E-state index >= 15 is 0 Å². The second-order valence-corrected chi connectivity index (χ2v) is 7.75. The number of aromatic nitrogens is 2. The minimum atomic E-state index is -4.35. The quantitative estimate of drug-likeness (QED) is 0.609. The Morgan fingerprint density at radius 1 is 1.23 bits per heavy atom. The van der Waals surface area contributed by atoms with E-state index in [1.54, 1.807) is 0 Å². The maximum atomic E-state index is 12.8. The number of carbonyl (C=O) groups is 2. The monoisotopic (exact) mass is 430 g/mol. The number of nitrogens with zero attached hydrogens (tertiary/aromatic N) is 2. The number of rotatable bonds is 3. The highest BCUT2D eigenvalue weighted by atomic mass is 19.4. The summed E-state index contributed by atoms with van der Waals surface area (Å²) in [5.41, 5.74) is 2.88. The lowest BCUT2D eigenvalue weighted by atomic mass is 10.1. The maximum Gasteiger partial charge on any atom is 0.393 e. The first-order valence-corrected chi connectivity index (χ1v) is 9.93. The van der Waals surface area contributed by atoms with Gasteiger partial charge in [-0.25, -0.2) is 4.98 Å². The van der Waals surface area contributed by atoms with Gasteiger partial charge in [-0.05, 0) is 55.2 Å². The zero-order valence-corrected chi connectivity index (χ0v) is 16.8. The molecule has 2 aromatic carbocycles.